The van der Waals surface area contributed by atoms with E-state index in [1.165, 1.54) is 17.7 Å². The molecule has 1 N–H and O–H groups in total. The smallest absolute Gasteiger partial charge is 0.254 e. The number of carbonyl (C=O) groups excluding carboxylic acids is 1. The molecular formula is C42H48FN5O5. The van der Waals surface area contributed by atoms with Crippen LogP contribution in [-0.2, 0) is 12.0 Å². The summed E-state index contributed by atoms with van der Waals surface area (Å²) in [5, 5.41) is 3.76. The number of benzene rings is 4. The minimum Gasteiger partial charge on any atom is -0.497 e. The predicted octanol–water partition coefficient (Wildman–Crippen LogP) is 7.01. The Balaban J connectivity index is 1.03. The summed E-state index contributed by atoms with van der Waals surface area (Å²) in [4.78, 5) is 23.5. The number of hydrogen-bond acceptors (Lipinski definition) is 8. The number of fused-ring (bicyclic) bond motifs is 1. The van der Waals surface area contributed by atoms with Crippen LogP contribution in [0.15, 0.2) is 84.9 Å². The number of likely N-dealkylation sites (tertiary alicyclic amines) is 2. The average molecular weight is 722 g/mol. The maximum atomic E-state index is 14.0. The molecule has 7 rings (SSSR count). The Morgan fingerprint density at radius 1 is 0.868 bits per heavy atom. The van der Waals surface area contributed by atoms with Crippen LogP contribution in [0, 0.1) is 5.82 Å². The van der Waals surface area contributed by atoms with Crippen molar-refractivity contribution in [3.05, 3.63) is 107 Å². The number of carbonyl (C=O) groups is 1. The first-order valence-corrected chi connectivity index (χ1v) is 18.3. The normalized spacial score (nSPS) is 17.9. The van der Waals surface area contributed by atoms with E-state index >= 15 is 0 Å². The average Bonchev–Trinajstić information content (AvgIpc) is 3.79. The van der Waals surface area contributed by atoms with Crippen LogP contribution < -0.4 is 24.3 Å². The number of aromatic nitrogens is 2. The quantitative estimate of drug-likeness (QED) is 0.139. The molecule has 0 spiro atoms. The van der Waals surface area contributed by atoms with Crippen molar-refractivity contribution in [2.24, 2.45) is 0 Å². The number of amides is 1. The Bertz CT molecular complexity index is 2000. The lowest BCUT2D eigenvalue weighted by atomic mass is 9.76. The van der Waals surface area contributed by atoms with Gasteiger partial charge in [0.25, 0.3) is 5.91 Å². The summed E-state index contributed by atoms with van der Waals surface area (Å²) in [6.45, 7) is 4.71. The minimum absolute atomic E-state index is 0.0584. The number of halogens is 1. The van der Waals surface area contributed by atoms with Gasteiger partial charge < -0.3 is 38.6 Å². The molecule has 1 amide bonds. The largest absolute Gasteiger partial charge is 0.497 e. The van der Waals surface area contributed by atoms with Gasteiger partial charge in [0, 0.05) is 43.2 Å². The standard InChI is InChI=1S/C42H48FN5O5/c1-50-34-15-11-31(12-16-34)42(20-24-47(28-42)40(49)30-25-37(51-2)39(53-4)38(26-30)52-3)19-23-46-21-17-33(18-22-46)44-41-45-35-7-5-6-8-36(35)48(41)27-29-9-13-32(43)14-10-29/h5-16,25-26,33H,17-24,27-28H2,1-4H3,(H,44,45). The first-order chi connectivity index (χ1) is 25.8. The molecule has 4 aromatic carbocycles. The van der Waals surface area contributed by atoms with Gasteiger partial charge in [0.05, 0.1) is 46.0 Å². The first-order valence-electron chi connectivity index (χ1n) is 18.3. The summed E-state index contributed by atoms with van der Waals surface area (Å²) < 4.78 is 37.9. The summed E-state index contributed by atoms with van der Waals surface area (Å²) >= 11 is 0. The Hall–Kier alpha value is -5.29. The third-order valence-electron chi connectivity index (χ3n) is 11.0. The van der Waals surface area contributed by atoms with Gasteiger partial charge in [0.2, 0.25) is 11.7 Å². The third-order valence-corrected chi connectivity index (χ3v) is 11.0. The van der Waals surface area contributed by atoms with Gasteiger partial charge in [-0.3, -0.25) is 4.79 Å². The molecule has 278 valence electrons. The number of methoxy groups -OCH3 is 4. The van der Waals surface area contributed by atoms with E-state index < -0.39 is 0 Å². The van der Waals surface area contributed by atoms with Crippen molar-refractivity contribution in [1.82, 2.24) is 19.4 Å². The molecule has 2 fully saturated rings. The van der Waals surface area contributed by atoms with E-state index in [4.69, 9.17) is 23.9 Å². The Labute approximate surface area is 310 Å². The molecule has 0 saturated carbocycles. The SMILES string of the molecule is COc1ccc(C2(CCN3CCC(Nc4nc5ccccc5n4Cc4ccc(F)cc4)CC3)CCN(C(=O)c3cc(OC)c(OC)c(OC)c3)C2)cc1. The number of nitrogens with one attached hydrogen (secondary N) is 1. The van der Waals surface area contributed by atoms with Crippen molar-refractivity contribution < 1.29 is 28.1 Å². The van der Waals surface area contributed by atoms with Crippen LogP contribution in [0.4, 0.5) is 10.3 Å². The third kappa shape index (κ3) is 7.62. The molecular weight excluding hydrogens is 673 g/mol. The monoisotopic (exact) mass is 721 g/mol. The molecule has 53 heavy (non-hydrogen) atoms. The zero-order valence-electron chi connectivity index (χ0n) is 30.9. The molecule has 2 aliphatic rings. The van der Waals surface area contributed by atoms with Crippen molar-refractivity contribution in [3.63, 3.8) is 0 Å². The van der Waals surface area contributed by atoms with Crippen molar-refractivity contribution in [2.45, 2.75) is 43.7 Å². The second-order valence-corrected chi connectivity index (χ2v) is 14.0. The second-order valence-electron chi connectivity index (χ2n) is 14.0. The van der Waals surface area contributed by atoms with Gasteiger partial charge in [-0.15, -0.1) is 0 Å². The van der Waals surface area contributed by atoms with Crippen molar-refractivity contribution >= 4 is 22.9 Å². The summed E-state index contributed by atoms with van der Waals surface area (Å²) in [5.41, 5.74) is 4.53. The number of nitrogens with zero attached hydrogens (tertiary/aromatic N) is 4. The molecule has 1 atom stereocenters. The molecule has 0 radical (unpaired) electrons. The van der Waals surface area contributed by atoms with Gasteiger partial charge in [0.1, 0.15) is 11.6 Å². The van der Waals surface area contributed by atoms with E-state index in [-0.39, 0.29) is 23.2 Å². The van der Waals surface area contributed by atoms with E-state index in [2.05, 4.69) is 33.0 Å². The first kappa shape index (κ1) is 36.1. The number of para-hydroxylation sites is 2. The molecule has 3 heterocycles. The molecule has 11 heteroatoms. The fourth-order valence-corrected chi connectivity index (χ4v) is 7.94. The highest BCUT2D eigenvalue weighted by atomic mass is 19.1. The second kappa shape index (κ2) is 15.8. The van der Waals surface area contributed by atoms with E-state index in [0.717, 1.165) is 73.6 Å². The number of anilines is 1. The molecule has 5 aromatic rings. The Kier molecular flexibility index (Phi) is 10.7. The van der Waals surface area contributed by atoms with Crippen LogP contribution in [0.3, 0.4) is 0 Å². The molecule has 1 aromatic heterocycles. The van der Waals surface area contributed by atoms with Gasteiger partial charge in [-0.25, -0.2) is 9.37 Å². The van der Waals surface area contributed by atoms with Crippen LogP contribution in [0.1, 0.15) is 47.2 Å². The lowest BCUT2D eigenvalue weighted by molar-refractivity contribution is 0.0779. The molecule has 10 nitrogen and oxygen atoms in total. The van der Waals surface area contributed by atoms with E-state index in [0.29, 0.717) is 42.4 Å². The highest BCUT2D eigenvalue weighted by Gasteiger charge is 2.42. The fraction of sp³-hybridized carbons (Fsp3) is 0.381. The highest BCUT2D eigenvalue weighted by molar-refractivity contribution is 5.96. The van der Waals surface area contributed by atoms with Crippen molar-refractivity contribution in [3.8, 4) is 23.0 Å². The molecule has 2 saturated heterocycles. The number of rotatable bonds is 13. The van der Waals surface area contributed by atoms with E-state index in [9.17, 15) is 9.18 Å². The zero-order valence-corrected chi connectivity index (χ0v) is 30.9. The molecule has 0 aliphatic carbocycles. The highest BCUT2D eigenvalue weighted by Crippen LogP contribution is 2.42. The van der Waals surface area contributed by atoms with Crippen LogP contribution in [-0.4, -0.2) is 92.5 Å². The predicted molar refractivity (Wildman–Crippen MR) is 204 cm³/mol. The van der Waals surface area contributed by atoms with Crippen molar-refractivity contribution in [2.75, 3.05) is 66.5 Å². The van der Waals surface area contributed by atoms with Gasteiger partial charge in [0.15, 0.2) is 11.5 Å². The lowest BCUT2D eigenvalue weighted by Crippen LogP contribution is -2.42. The molecule has 1 unspecified atom stereocenters. The molecule has 0 bridgehead atoms. The molecule has 2 aliphatic heterocycles. The zero-order chi connectivity index (χ0) is 37.0. The van der Waals surface area contributed by atoms with Gasteiger partial charge >= 0.3 is 0 Å². The van der Waals surface area contributed by atoms with Crippen LogP contribution in [0.5, 0.6) is 23.0 Å². The maximum Gasteiger partial charge on any atom is 0.254 e. The Morgan fingerprint density at radius 2 is 1.57 bits per heavy atom. The summed E-state index contributed by atoms with van der Waals surface area (Å²) in [7, 11) is 6.35. The number of ether oxygens (including phenoxy) is 4. The van der Waals surface area contributed by atoms with Crippen LogP contribution in [0.2, 0.25) is 0 Å². The topological polar surface area (TPSA) is 90.3 Å². The van der Waals surface area contributed by atoms with Gasteiger partial charge in [-0.05, 0) is 91.9 Å². The van der Waals surface area contributed by atoms with Crippen LogP contribution in [0.25, 0.3) is 11.0 Å². The lowest BCUT2D eigenvalue weighted by Gasteiger charge is -2.36. The van der Waals surface area contributed by atoms with Crippen LogP contribution >= 0.6 is 0 Å². The maximum absolute atomic E-state index is 14.0. The van der Waals surface area contributed by atoms with Crippen molar-refractivity contribution in [1.29, 1.82) is 0 Å². The summed E-state index contributed by atoms with van der Waals surface area (Å²) in [6.07, 6.45) is 3.75. The number of hydrogen-bond donors (Lipinski definition) is 1. The van der Waals surface area contributed by atoms with Gasteiger partial charge in [-0.2, -0.15) is 0 Å². The fourth-order valence-electron chi connectivity index (χ4n) is 7.94. The summed E-state index contributed by atoms with van der Waals surface area (Å²) in [5.74, 6) is 2.74. The number of piperidine rings is 1. The van der Waals surface area contributed by atoms with E-state index in [1.54, 1.807) is 40.6 Å². The van der Waals surface area contributed by atoms with Gasteiger partial charge in [-0.1, -0.05) is 36.4 Å². The summed E-state index contributed by atoms with van der Waals surface area (Å²) in [6, 6.07) is 26.9. The minimum atomic E-state index is -0.237. The van der Waals surface area contributed by atoms with E-state index in [1.807, 2.05) is 47.4 Å². The number of imidazole rings is 1. The Morgan fingerprint density at radius 3 is 2.23 bits per heavy atom.